The second kappa shape index (κ2) is 7.60. The molecule has 6 aromatic rings. The second-order valence-corrected chi connectivity index (χ2v) is 8.57. The van der Waals surface area contributed by atoms with Gasteiger partial charge in [0.25, 0.3) is 0 Å². The van der Waals surface area contributed by atoms with Gasteiger partial charge in [0.15, 0.2) is 5.82 Å². The molecule has 168 valence electrons. The predicted molar refractivity (Wildman–Crippen MR) is 140 cm³/mol. The third-order valence-corrected chi connectivity index (χ3v) is 6.62. The maximum absolute atomic E-state index is 10.5. The number of hydrogen-bond donors (Lipinski definition) is 1. The fraction of sp³-hybridized carbons (Fsp3) is 0.0345. The molecule has 0 saturated heterocycles. The third-order valence-electron chi connectivity index (χ3n) is 6.62. The fourth-order valence-corrected chi connectivity index (χ4v) is 5.05. The zero-order valence-electron chi connectivity index (χ0n) is 18.8. The molecular formula is C29H21N5O. The van der Waals surface area contributed by atoms with E-state index >= 15 is 0 Å². The summed E-state index contributed by atoms with van der Waals surface area (Å²) in [5, 5.41) is 12.9. The number of aromatic nitrogens is 3. The van der Waals surface area contributed by atoms with E-state index in [9.17, 15) is 5.11 Å². The van der Waals surface area contributed by atoms with E-state index in [4.69, 9.17) is 4.98 Å². The molecule has 0 atom stereocenters. The third kappa shape index (κ3) is 2.97. The van der Waals surface area contributed by atoms with Gasteiger partial charge in [-0.2, -0.15) is 0 Å². The highest BCUT2D eigenvalue weighted by atomic mass is 16.3. The number of aromatic hydroxyl groups is 1. The van der Waals surface area contributed by atoms with E-state index in [-0.39, 0.29) is 5.75 Å². The Labute approximate surface area is 201 Å². The molecule has 0 bridgehead atoms. The summed E-state index contributed by atoms with van der Waals surface area (Å²) < 4.78 is 2.21. The van der Waals surface area contributed by atoms with Crippen LogP contribution in [0.4, 0.5) is 22.9 Å². The molecule has 3 aromatic carbocycles. The molecule has 0 unspecified atom stereocenters. The first-order valence-electron chi connectivity index (χ1n) is 11.5. The van der Waals surface area contributed by atoms with Gasteiger partial charge in [0.05, 0.1) is 22.4 Å². The Kier molecular flexibility index (Phi) is 4.26. The lowest BCUT2D eigenvalue weighted by Gasteiger charge is -2.22. The summed E-state index contributed by atoms with van der Waals surface area (Å²) in [4.78, 5) is 13.6. The molecule has 1 aliphatic rings. The normalized spacial score (nSPS) is 13.0. The standard InChI is InChI=1S/C29H21N5O/c35-27-12-4-3-10-24(27)33-19-32(29-25(33)11-7-17-31-29)20-14-15-22-21-8-1-2-9-23(21)34(26(22)18-20)28-13-5-6-16-30-28/h1-18,35H,19H2. The van der Waals surface area contributed by atoms with E-state index < -0.39 is 0 Å². The minimum atomic E-state index is 0.245. The Morgan fingerprint density at radius 3 is 2.29 bits per heavy atom. The molecule has 7 rings (SSSR count). The van der Waals surface area contributed by atoms with Gasteiger partial charge in [0.2, 0.25) is 0 Å². The van der Waals surface area contributed by atoms with Gasteiger partial charge >= 0.3 is 0 Å². The Morgan fingerprint density at radius 2 is 1.40 bits per heavy atom. The summed E-state index contributed by atoms with van der Waals surface area (Å²) in [5.74, 6) is 1.98. The molecule has 0 fully saturated rings. The van der Waals surface area contributed by atoms with Crippen LogP contribution in [0.3, 0.4) is 0 Å². The summed E-state index contributed by atoms with van der Waals surface area (Å²) in [6.45, 7) is 0.541. The summed E-state index contributed by atoms with van der Waals surface area (Å²) in [5.41, 5.74) is 4.94. The number of phenols is 1. The number of fused-ring (bicyclic) bond motifs is 4. The van der Waals surface area contributed by atoms with E-state index in [1.54, 1.807) is 6.07 Å². The zero-order chi connectivity index (χ0) is 23.4. The highest BCUT2D eigenvalue weighted by Crippen LogP contribution is 2.45. The highest BCUT2D eigenvalue weighted by Gasteiger charge is 2.30. The van der Waals surface area contributed by atoms with Crippen LogP contribution < -0.4 is 9.80 Å². The SMILES string of the molecule is Oc1ccccc1N1CN(c2ccc3c4ccccc4n(-c4ccccn4)c3c2)c2ncccc21. The fourth-order valence-electron chi connectivity index (χ4n) is 5.05. The number of para-hydroxylation sites is 3. The Bertz CT molecular complexity index is 1710. The molecule has 1 aliphatic heterocycles. The van der Waals surface area contributed by atoms with Crippen LogP contribution in [0, 0.1) is 0 Å². The van der Waals surface area contributed by atoms with Gasteiger partial charge in [-0.3, -0.25) is 4.57 Å². The topological polar surface area (TPSA) is 57.4 Å². The first-order chi connectivity index (χ1) is 17.3. The summed E-state index contributed by atoms with van der Waals surface area (Å²) in [6.07, 6.45) is 3.63. The van der Waals surface area contributed by atoms with Crippen molar-refractivity contribution >= 4 is 44.7 Å². The molecule has 0 amide bonds. The molecular weight excluding hydrogens is 434 g/mol. The molecule has 0 spiro atoms. The molecule has 0 aliphatic carbocycles. The maximum atomic E-state index is 10.5. The number of rotatable bonds is 3. The average molecular weight is 456 g/mol. The monoisotopic (exact) mass is 455 g/mol. The molecule has 6 nitrogen and oxygen atoms in total. The summed E-state index contributed by atoms with van der Waals surface area (Å²) in [6, 6.07) is 32.3. The molecule has 1 N–H and O–H groups in total. The molecule has 4 heterocycles. The van der Waals surface area contributed by atoms with E-state index in [1.807, 2.05) is 60.9 Å². The molecule has 35 heavy (non-hydrogen) atoms. The van der Waals surface area contributed by atoms with Crippen molar-refractivity contribution in [3.63, 3.8) is 0 Å². The van der Waals surface area contributed by atoms with Crippen molar-refractivity contribution in [3.05, 3.63) is 109 Å². The smallest absolute Gasteiger partial charge is 0.158 e. The maximum Gasteiger partial charge on any atom is 0.158 e. The minimum Gasteiger partial charge on any atom is -0.506 e. The van der Waals surface area contributed by atoms with Gasteiger partial charge in [-0.1, -0.05) is 42.5 Å². The predicted octanol–water partition coefficient (Wildman–Crippen LogP) is 6.53. The van der Waals surface area contributed by atoms with Crippen LogP contribution in [0.15, 0.2) is 109 Å². The lowest BCUT2D eigenvalue weighted by Crippen LogP contribution is -2.24. The number of phenolic OH excluding ortho intramolecular Hbond substituents is 1. The van der Waals surface area contributed by atoms with Crippen LogP contribution in [0.5, 0.6) is 5.75 Å². The Hall–Kier alpha value is -4.84. The Balaban J connectivity index is 1.43. The molecule has 0 radical (unpaired) electrons. The van der Waals surface area contributed by atoms with Gasteiger partial charge in [-0.05, 0) is 54.6 Å². The van der Waals surface area contributed by atoms with Gasteiger partial charge in [-0.15, -0.1) is 0 Å². The number of nitrogens with zero attached hydrogens (tertiary/aromatic N) is 5. The zero-order valence-corrected chi connectivity index (χ0v) is 18.8. The van der Waals surface area contributed by atoms with E-state index in [0.29, 0.717) is 6.67 Å². The lowest BCUT2D eigenvalue weighted by molar-refractivity contribution is 0.476. The van der Waals surface area contributed by atoms with Crippen LogP contribution in [-0.2, 0) is 0 Å². The number of anilines is 4. The first-order valence-corrected chi connectivity index (χ1v) is 11.5. The van der Waals surface area contributed by atoms with Crippen molar-refractivity contribution in [2.75, 3.05) is 16.5 Å². The van der Waals surface area contributed by atoms with Crippen molar-refractivity contribution in [1.82, 2.24) is 14.5 Å². The summed E-state index contributed by atoms with van der Waals surface area (Å²) >= 11 is 0. The number of hydrogen-bond acceptors (Lipinski definition) is 5. The van der Waals surface area contributed by atoms with E-state index in [1.165, 1.54) is 10.8 Å². The number of benzene rings is 3. The van der Waals surface area contributed by atoms with Gasteiger partial charge in [0.1, 0.15) is 18.2 Å². The first kappa shape index (κ1) is 19.6. The molecule has 3 aromatic heterocycles. The van der Waals surface area contributed by atoms with Gasteiger partial charge in [0, 0.05) is 28.9 Å². The van der Waals surface area contributed by atoms with Crippen molar-refractivity contribution < 1.29 is 5.11 Å². The van der Waals surface area contributed by atoms with Crippen molar-refractivity contribution in [2.24, 2.45) is 0 Å². The number of pyridine rings is 2. The van der Waals surface area contributed by atoms with E-state index in [0.717, 1.165) is 39.7 Å². The van der Waals surface area contributed by atoms with Crippen LogP contribution in [-0.4, -0.2) is 26.3 Å². The lowest BCUT2D eigenvalue weighted by atomic mass is 10.1. The van der Waals surface area contributed by atoms with Crippen molar-refractivity contribution in [2.45, 2.75) is 0 Å². The quantitative estimate of drug-likeness (QED) is 0.329. The molecule has 6 heteroatoms. The minimum absolute atomic E-state index is 0.245. The van der Waals surface area contributed by atoms with Crippen LogP contribution in [0.1, 0.15) is 0 Å². The van der Waals surface area contributed by atoms with Gasteiger partial charge < -0.3 is 14.9 Å². The average Bonchev–Trinajstić information content (AvgIpc) is 3.45. The summed E-state index contributed by atoms with van der Waals surface area (Å²) in [7, 11) is 0. The van der Waals surface area contributed by atoms with Crippen molar-refractivity contribution in [1.29, 1.82) is 0 Å². The van der Waals surface area contributed by atoms with E-state index in [2.05, 4.69) is 61.8 Å². The van der Waals surface area contributed by atoms with Crippen LogP contribution >= 0.6 is 0 Å². The Morgan fingerprint density at radius 1 is 0.629 bits per heavy atom. The second-order valence-electron chi connectivity index (χ2n) is 8.57. The largest absolute Gasteiger partial charge is 0.506 e. The van der Waals surface area contributed by atoms with Crippen LogP contribution in [0.25, 0.3) is 27.6 Å². The van der Waals surface area contributed by atoms with Crippen LogP contribution in [0.2, 0.25) is 0 Å². The van der Waals surface area contributed by atoms with Crippen molar-refractivity contribution in [3.8, 4) is 11.6 Å². The highest BCUT2D eigenvalue weighted by molar-refractivity contribution is 6.10. The van der Waals surface area contributed by atoms with Gasteiger partial charge in [-0.25, -0.2) is 9.97 Å². The molecule has 0 saturated carbocycles.